The fourth-order valence-corrected chi connectivity index (χ4v) is 4.70. The number of methoxy groups -OCH3 is 1. The van der Waals surface area contributed by atoms with E-state index in [2.05, 4.69) is 0 Å². The lowest BCUT2D eigenvalue weighted by Crippen LogP contribution is -2.85. The van der Waals surface area contributed by atoms with Gasteiger partial charge in [0.2, 0.25) is 0 Å². The Morgan fingerprint density at radius 2 is 1.90 bits per heavy atom. The first-order chi connectivity index (χ1) is 13.7. The summed E-state index contributed by atoms with van der Waals surface area (Å²) in [5.74, 6) is 0. The Hall–Kier alpha value is -1.30. The van der Waals surface area contributed by atoms with Gasteiger partial charge in [-0.3, -0.25) is 9.59 Å². The van der Waals surface area contributed by atoms with E-state index in [1.165, 1.54) is 7.11 Å². The lowest BCUT2D eigenvalue weighted by molar-refractivity contribution is -0.417. The van der Waals surface area contributed by atoms with Crippen molar-refractivity contribution >= 4 is 12.9 Å². The van der Waals surface area contributed by atoms with E-state index in [0.717, 1.165) is 0 Å². The fraction of sp³-hybridized carbons (Fsp3) is 0.895. The summed E-state index contributed by atoms with van der Waals surface area (Å²) in [7, 11) is 1.50. The van der Waals surface area contributed by atoms with Gasteiger partial charge in [0, 0.05) is 7.11 Å². The third-order valence-electron chi connectivity index (χ3n) is 6.29. The number of carbonyl (C=O) groups is 2. The summed E-state index contributed by atoms with van der Waals surface area (Å²) in [6.07, 6.45) is -4.01. The van der Waals surface area contributed by atoms with Crippen molar-refractivity contribution in [1.82, 2.24) is 0 Å². The second kappa shape index (κ2) is 8.09. The van der Waals surface area contributed by atoms with Crippen LogP contribution in [0.4, 0.5) is 0 Å². The molecule has 9 atom stereocenters. The maximum atomic E-state index is 11.2. The first kappa shape index (κ1) is 22.4. The highest BCUT2D eigenvalue weighted by atomic mass is 16.7. The largest absolute Gasteiger partial charge is 0.456 e. The summed E-state index contributed by atoms with van der Waals surface area (Å²) in [5.41, 5.74) is -3.03. The summed E-state index contributed by atoms with van der Waals surface area (Å²) >= 11 is 0. The number of carbonyl (C=O) groups excluding carboxylic acids is 2. The Morgan fingerprint density at radius 1 is 1.21 bits per heavy atom. The zero-order valence-electron chi connectivity index (χ0n) is 17.4. The van der Waals surface area contributed by atoms with Crippen molar-refractivity contribution in [3.05, 3.63) is 0 Å². The Morgan fingerprint density at radius 3 is 2.34 bits per heavy atom. The van der Waals surface area contributed by atoms with Gasteiger partial charge >= 0.3 is 0 Å². The minimum absolute atomic E-state index is 0.0138. The minimum atomic E-state index is -1.15. The van der Waals surface area contributed by atoms with Crippen LogP contribution >= 0.6 is 0 Å². The van der Waals surface area contributed by atoms with Crippen molar-refractivity contribution in [2.45, 2.75) is 81.1 Å². The molecule has 29 heavy (non-hydrogen) atoms. The van der Waals surface area contributed by atoms with E-state index in [1.54, 1.807) is 27.7 Å². The molecule has 9 unspecified atom stereocenters. The van der Waals surface area contributed by atoms with Crippen LogP contribution < -0.4 is 0 Å². The molecule has 0 bridgehead atoms. The predicted molar refractivity (Wildman–Crippen MR) is 96.1 cm³/mol. The highest BCUT2D eigenvalue weighted by molar-refractivity contribution is 5.41. The van der Waals surface area contributed by atoms with Crippen LogP contribution in [0.3, 0.4) is 0 Å². The quantitative estimate of drug-likeness (QED) is 0.495. The number of hydrogen-bond acceptors (Lipinski definition) is 10. The molecule has 3 heterocycles. The van der Waals surface area contributed by atoms with Gasteiger partial charge in [0.15, 0.2) is 16.8 Å². The van der Waals surface area contributed by atoms with Crippen molar-refractivity contribution in [3.8, 4) is 0 Å². The third kappa shape index (κ3) is 3.35. The van der Waals surface area contributed by atoms with Crippen LogP contribution in [-0.4, -0.2) is 98.4 Å². The number of rotatable bonds is 9. The van der Waals surface area contributed by atoms with E-state index in [1.807, 2.05) is 0 Å². The molecule has 0 saturated carbocycles. The number of ether oxygens (including phenoxy) is 7. The van der Waals surface area contributed by atoms with Crippen LogP contribution in [0.2, 0.25) is 0 Å². The van der Waals surface area contributed by atoms with E-state index in [4.69, 9.17) is 33.2 Å². The summed E-state index contributed by atoms with van der Waals surface area (Å²) in [4.78, 5) is 22.1. The molecule has 0 aromatic heterocycles. The van der Waals surface area contributed by atoms with Crippen molar-refractivity contribution < 1.29 is 47.9 Å². The molecular weight excluding hydrogens is 388 g/mol. The molecule has 3 aliphatic heterocycles. The van der Waals surface area contributed by atoms with Gasteiger partial charge in [0.05, 0.1) is 32.0 Å². The average molecular weight is 418 g/mol. The number of hydrogen-bond donors (Lipinski definition) is 1. The van der Waals surface area contributed by atoms with Gasteiger partial charge in [-0.1, -0.05) is 0 Å². The van der Waals surface area contributed by atoms with Crippen LogP contribution in [0.25, 0.3) is 0 Å². The predicted octanol–water partition coefficient (Wildman–Crippen LogP) is -0.414. The maximum absolute atomic E-state index is 11.2. The molecule has 3 fully saturated rings. The summed E-state index contributed by atoms with van der Waals surface area (Å²) in [5, 5.41) is 9.78. The standard InChI is InChI=1S/C19H30O10/c1-11(22)6-24-16-13(23-5)14(15-17(3,7-25-15)27-9-20)29-12(2)19(16)18(4,8-26-19)28-10-21/h9-16,22H,6-8H2,1-5H3. The van der Waals surface area contributed by atoms with Crippen molar-refractivity contribution in [1.29, 1.82) is 0 Å². The van der Waals surface area contributed by atoms with E-state index < -0.39 is 53.4 Å². The van der Waals surface area contributed by atoms with Gasteiger partial charge in [0.25, 0.3) is 12.9 Å². The molecule has 0 aromatic rings. The number of aliphatic hydroxyl groups excluding tert-OH is 1. The summed E-state index contributed by atoms with van der Waals surface area (Å²) < 4.78 is 40.4. The second-order valence-electron chi connectivity index (χ2n) is 8.33. The van der Waals surface area contributed by atoms with E-state index in [-0.39, 0.29) is 19.8 Å². The smallest absolute Gasteiger partial charge is 0.293 e. The van der Waals surface area contributed by atoms with E-state index in [0.29, 0.717) is 12.9 Å². The Kier molecular flexibility index (Phi) is 6.24. The van der Waals surface area contributed by atoms with Crippen LogP contribution in [0, 0.1) is 0 Å². The van der Waals surface area contributed by atoms with Gasteiger partial charge in [-0.2, -0.15) is 0 Å². The van der Waals surface area contributed by atoms with Gasteiger partial charge in [-0.05, 0) is 27.7 Å². The highest BCUT2D eigenvalue weighted by Crippen LogP contribution is 2.53. The first-order valence-corrected chi connectivity index (χ1v) is 9.65. The topological polar surface area (TPSA) is 119 Å². The fourth-order valence-electron chi connectivity index (χ4n) is 4.70. The molecule has 0 radical (unpaired) electrons. The first-order valence-electron chi connectivity index (χ1n) is 9.65. The zero-order valence-corrected chi connectivity index (χ0v) is 17.4. The SMILES string of the molecule is COC1C(C2OCC2(C)OC=O)OC(C)C2(OCC2(C)OC=O)C1OCC(C)O. The van der Waals surface area contributed by atoms with Gasteiger partial charge in [0.1, 0.15) is 24.4 Å². The van der Waals surface area contributed by atoms with Crippen LogP contribution in [0.1, 0.15) is 27.7 Å². The second-order valence-corrected chi connectivity index (χ2v) is 8.33. The van der Waals surface area contributed by atoms with E-state index >= 15 is 0 Å². The lowest BCUT2D eigenvalue weighted by Gasteiger charge is -2.65. The molecule has 3 rings (SSSR count). The van der Waals surface area contributed by atoms with Gasteiger partial charge in [-0.15, -0.1) is 0 Å². The minimum Gasteiger partial charge on any atom is -0.456 e. The molecule has 3 aliphatic rings. The zero-order chi connectivity index (χ0) is 21.4. The molecule has 1 N–H and O–H groups in total. The number of aliphatic hydroxyl groups is 1. The van der Waals surface area contributed by atoms with Crippen LogP contribution in [0.5, 0.6) is 0 Å². The Labute approximate surface area is 169 Å². The molecule has 0 aromatic carbocycles. The average Bonchev–Trinajstić information content (AvgIpc) is 2.64. The van der Waals surface area contributed by atoms with Gasteiger partial charge in [-0.25, -0.2) is 0 Å². The third-order valence-corrected chi connectivity index (χ3v) is 6.29. The summed E-state index contributed by atoms with van der Waals surface area (Å²) in [6, 6.07) is 0. The van der Waals surface area contributed by atoms with Crippen molar-refractivity contribution in [3.63, 3.8) is 0 Å². The van der Waals surface area contributed by atoms with Crippen molar-refractivity contribution in [2.75, 3.05) is 26.9 Å². The van der Waals surface area contributed by atoms with Crippen molar-refractivity contribution in [2.24, 2.45) is 0 Å². The highest BCUT2D eigenvalue weighted by Gasteiger charge is 2.74. The molecule has 166 valence electrons. The van der Waals surface area contributed by atoms with Crippen LogP contribution in [-0.2, 0) is 42.7 Å². The lowest BCUT2D eigenvalue weighted by atomic mass is 9.66. The summed E-state index contributed by atoms with van der Waals surface area (Å²) in [6.45, 7) is 8.06. The maximum Gasteiger partial charge on any atom is 0.293 e. The molecule has 1 spiro atoms. The molecule has 10 heteroatoms. The molecule has 0 amide bonds. The molecule has 10 nitrogen and oxygen atoms in total. The van der Waals surface area contributed by atoms with E-state index in [9.17, 15) is 14.7 Å². The monoisotopic (exact) mass is 418 g/mol. The Balaban J connectivity index is 1.95. The Bertz CT molecular complexity index is 614. The molecule has 3 saturated heterocycles. The molecule has 0 aliphatic carbocycles. The van der Waals surface area contributed by atoms with Crippen LogP contribution in [0.15, 0.2) is 0 Å². The molecular formula is C19H30O10. The normalized spacial score (nSPS) is 47.6. The van der Waals surface area contributed by atoms with Gasteiger partial charge < -0.3 is 38.3 Å².